The van der Waals surface area contributed by atoms with Gasteiger partial charge in [0.25, 0.3) is 0 Å². The average Bonchev–Trinajstić information content (AvgIpc) is 2.78. The topological polar surface area (TPSA) is 38.3 Å². The van der Waals surface area contributed by atoms with Crippen molar-refractivity contribution in [2.45, 2.75) is 12.8 Å². The Morgan fingerprint density at radius 2 is 2.00 bits per heavy atom. The Morgan fingerprint density at radius 3 is 2.62 bits per heavy atom. The summed E-state index contributed by atoms with van der Waals surface area (Å²) in [6.45, 7) is 3.63. The van der Waals surface area contributed by atoms with Crippen LogP contribution >= 0.6 is 0 Å². The van der Waals surface area contributed by atoms with Crippen LogP contribution in [0.2, 0.25) is 0 Å². The first-order valence-corrected chi connectivity index (χ1v) is 5.57. The summed E-state index contributed by atoms with van der Waals surface area (Å²) in [5, 5.41) is 3.25. The van der Waals surface area contributed by atoms with E-state index < -0.39 is 0 Å². The van der Waals surface area contributed by atoms with E-state index in [1.165, 1.54) is 18.2 Å². The van der Waals surface area contributed by atoms with Crippen molar-refractivity contribution in [2.75, 3.05) is 20.2 Å². The molecule has 1 aliphatic heterocycles. The van der Waals surface area contributed by atoms with E-state index in [0.717, 1.165) is 6.54 Å². The Kier molecular flexibility index (Phi) is 3.25. The van der Waals surface area contributed by atoms with Crippen LogP contribution in [0.4, 0.5) is 0 Å². The van der Waals surface area contributed by atoms with E-state index in [4.69, 9.17) is 4.74 Å². The largest absolute Gasteiger partial charge is 0.469 e. The van der Waals surface area contributed by atoms with E-state index in [0.29, 0.717) is 6.54 Å². The normalized spacial score (nSPS) is 24.4. The molecule has 1 saturated heterocycles. The zero-order valence-corrected chi connectivity index (χ0v) is 9.69. The summed E-state index contributed by atoms with van der Waals surface area (Å²) in [5.41, 5.74) is 2.45. The summed E-state index contributed by atoms with van der Waals surface area (Å²) < 4.78 is 4.83. The Balaban J connectivity index is 2.19. The van der Waals surface area contributed by atoms with Gasteiger partial charge in [-0.25, -0.2) is 0 Å². The van der Waals surface area contributed by atoms with E-state index >= 15 is 0 Å². The molecule has 0 amide bonds. The molecule has 1 aromatic carbocycles. The van der Waals surface area contributed by atoms with Crippen molar-refractivity contribution >= 4 is 5.97 Å². The first-order valence-electron chi connectivity index (χ1n) is 5.57. The molecule has 1 aromatic rings. The van der Waals surface area contributed by atoms with E-state index in [1.54, 1.807) is 0 Å². The molecule has 0 spiro atoms. The average molecular weight is 219 g/mol. The van der Waals surface area contributed by atoms with Gasteiger partial charge in [-0.05, 0) is 12.5 Å². The van der Waals surface area contributed by atoms with Crippen LogP contribution < -0.4 is 5.32 Å². The highest BCUT2D eigenvalue weighted by molar-refractivity contribution is 5.74. The minimum absolute atomic E-state index is 0.0484. The number of nitrogens with one attached hydrogen (secondary N) is 1. The third-order valence-electron chi connectivity index (χ3n) is 3.22. The Morgan fingerprint density at radius 1 is 1.31 bits per heavy atom. The number of hydrogen-bond acceptors (Lipinski definition) is 3. The van der Waals surface area contributed by atoms with Gasteiger partial charge in [0.1, 0.15) is 0 Å². The predicted octanol–water partition coefficient (Wildman–Crippen LogP) is 1.47. The summed E-state index contributed by atoms with van der Waals surface area (Å²) in [6, 6.07) is 8.37. The molecule has 1 N–H and O–H groups in total. The predicted molar refractivity (Wildman–Crippen MR) is 62.3 cm³/mol. The minimum atomic E-state index is -0.115. The van der Waals surface area contributed by atoms with Crippen LogP contribution in [0, 0.1) is 12.8 Å². The third kappa shape index (κ3) is 2.09. The monoisotopic (exact) mass is 219 g/mol. The van der Waals surface area contributed by atoms with Crippen LogP contribution in [0.5, 0.6) is 0 Å². The molecule has 1 aliphatic rings. The van der Waals surface area contributed by atoms with Gasteiger partial charge in [0, 0.05) is 19.0 Å². The molecule has 16 heavy (non-hydrogen) atoms. The number of methoxy groups -OCH3 is 1. The molecule has 0 unspecified atom stereocenters. The summed E-state index contributed by atoms with van der Waals surface area (Å²) in [6.07, 6.45) is 0. The molecule has 0 saturated carbocycles. The molecule has 3 heteroatoms. The fraction of sp³-hybridized carbons (Fsp3) is 0.462. The van der Waals surface area contributed by atoms with Gasteiger partial charge < -0.3 is 10.1 Å². The second-order valence-electron chi connectivity index (χ2n) is 4.31. The maximum atomic E-state index is 11.6. The van der Waals surface area contributed by atoms with Crippen molar-refractivity contribution < 1.29 is 9.53 Å². The molecule has 86 valence electrons. The first-order chi connectivity index (χ1) is 7.72. The first kappa shape index (κ1) is 11.1. The number of ether oxygens (including phenoxy) is 1. The second kappa shape index (κ2) is 4.66. The lowest BCUT2D eigenvalue weighted by molar-refractivity contribution is -0.145. The molecule has 1 heterocycles. The van der Waals surface area contributed by atoms with E-state index in [-0.39, 0.29) is 17.8 Å². The number of benzene rings is 1. The quantitative estimate of drug-likeness (QED) is 0.765. The molecule has 0 bridgehead atoms. The summed E-state index contributed by atoms with van der Waals surface area (Å²) in [4.78, 5) is 11.6. The van der Waals surface area contributed by atoms with Gasteiger partial charge in [-0.3, -0.25) is 4.79 Å². The highest BCUT2D eigenvalue weighted by Crippen LogP contribution is 2.29. The number of carbonyl (C=O) groups excluding carboxylic acids is 1. The lowest BCUT2D eigenvalue weighted by Crippen LogP contribution is -2.22. The summed E-state index contributed by atoms with van der Waals surface area (Å²) >= 11 is 0. The van der Waals surface area contributed by atoms with Gasteiger partial charge in [-0.2, -0.15) is 0 Å². The maximum absolute atomic E-state index is 11.6. The molecule has 0 aromatic heterocycles. The van der Waals surface area contributed by atoms with E-state index in [2.05, 4.69) is 36.5 Å². The van der Waals surface area contributed by atoms with Crippen LogP contribution in [0.25, 0.3) is 0 Å². The standard InChI is InChI=1S/C13H17NO2/c1-9-3-5-10(6-4-9)11-7-14-8-12(11)13(15)16-2/h3-6,11-12,14H,7-8H2,1-2H3/t11-,12+/m1/s1. The van der Waals surface area contributed by atoms with Crippen LogP contribution in [0.3, 0.4) is 0 Å². The molecule has 3 nitrogen and oxygen atoms in total. The zero-order chi connectivity index (χ0) is 11.5. The lowest BCUT2D eigenvalue weighted by atomic mass is 9.88. The lowest BCUT2D eigenvalue weighted by Gasteiger charge is -2.16. The fourth-order valence-corrected chi connectivity index (χ4v) is 2.24. The van der Waals surface area contributed by atoms with Crippen LogP contribution in [0.15, 0.2) is 24.3 Å². The number of hydrogen-bond donors (Lipinski definition) is 1. The maximum Gasteiger partial charge on any atom is 0.310 e. The van der Waals surface area contributed by atoms with Gasteiger partial charge in [0.15, 0.2) is 0 Å². The van der Waals surface area contributed by atoms with Crippen molar-refractivity contribution in [3.05, 3.63) is 35.4 Å². The Hall–Kier alpha value is -1.35. The molecular formula is C13H17NO2. The van der Waals surface area contributed by atoms with Gasteiger partial charge in [-0.1, -0.05) is 29.8 Å². The summed E-state index contributed by atoms with van der Waals surface area (Å²) in [5.74, 6) is 0.0799. The molecule has 1 fully saturated rings. The SMILES string of the molecule is COC(=O)[C@H]1CNC[C@@H]1c1ccc(C)cc1. The number of rotatable bonds is 2. The molecule has 0 aliphatic carbocycles. The van der Waals surface area contributed by atoms with Gasteiger partial charge in [-0.15, -0.1) is 0 Å². The molecule has 0 radical (unpaired) electrons. The van der Waals surface area contributed by atoms with Crippen molar-refractivity contribution in [2.24, 2.45) is 5.92 Å². The zero-order valence-electron chi connectivity index (χ0n) is 9.69. The van der Waals surface area contributed by atoms with Gasteiger partial charge >= 0.3 is 5.97 Å². The van der Waals surface area contributed by atoms with Crippen molar-refractivity contribution in [1.82, 2.24) is 5.32 Å². The van der Waals surface area contributed by atoms with E-state index in [1.807, 2.05) is 0 Å². The number of carbonyl (C=O) groups is 1. The fourth-order valence-electron chi connectivity index (χ4n) is 2.24. The molecule has 2 atom stereocenters. The Labute approximate surface area is 95.8 Å². The van der Waals surface area contributed by atoms with E-state index in [9.17, 15) is 4.79 Å². The second-order valence-corrected chi connectivity index (χ2v) is 4.31. The highest BCUT2D eigenvalue weighted by Gasteiger charge is 2.34. The molecule has 2 rings (SSSR count). The smallest absolute Gasteiger partial charge is 0.310 e. The third-order valence-corrected chi connectivity index (χ3v) is 3.22. The summed E-state index contributed by atoms with van der Waals surface area (Å²) in [7, 11) is 1.45. The number of aryl methyl sites for hydroxylation is 1. The number of esters is 1. The van der Waals surface area contributed by atoms with Gasteiger partial charge in [0.05, 0.1) is 13.0 Å². The van der Waals surface area contributed by atoms with Crippen molar-refractivity contribution in [3.8, 4) is 0 Å². The van der Waals surface area contributed by atoms with Crippen LogP contribution in [-0.4, -0.2) is 26.2 Å². The van der Waals surface area contributed by atoms with Crippen LogP contribution in [-0.2, 0) is 9.53 Å². The molecular weight excluding hydrogens is 202 g/mol. The van der Waals surface area contributed by atoms with Crippen LogP contribution in [0.1, 0.15) is 17.0 Å². The highest BCUT2D eigenvalue weighted by atomic mass is 16.5. The van der Waals surface area contributed by atoms with Crippen molar-refractivity contribution in [1.29, 1.82) is 0 Å². The minimum Gasteiger partial charge on any atom is -0.469 e. The Bertz CT molecular complexity index is 372. The van der Waals surface area contributed by atoms with Gasteiger partial charge in [0.2, 0.25) is 0 Å². The van der Waals surface area contributed by atoms with Crippen molar-refractivity contribution in [3.63, 3.8) is 0 Å².